The Morgan fingerprint density at radius 3 is 2.56 bits per heavy atom. The minimum atomic E-state index is -4.14. The fourth-order valence-electron chi connectivity index (χ4n) is 3.60. The Morgan fingerprint density at radius 1 is 1.22 bits per heavy atom. The Labute approximate surface area is 175 Å². The van der Waals surface area contributed by atoms with Crippen molar-refractivity contribution < 1.29 is 13.2 Å². The number of nitrogens with one attached hydrogen (secondary N) is 1. The highest BCUT2D eigenvalue weighted by atomic mass is 127. The number of hydrogen-bond acceptors (Lipinski definition) is 2. The van der Waals surface area contributed by atoms with E-state index in [1.165, 1.54) is 16.0 Å². The van der Waals surface area contributed by atoms with Gasteiger partial charge in [0.15, 0.2) is 5.96 Å². The van der Waals surface area contributed by atoms with Crippen molar-refractivity contribution in [3.05, 3.63) is 42.0 Å². The van der Waals surface area contributed by atoms with Gasteiger partial charge in [-0.1, -0.05) is 36.4 Å². The van der Waals surface area contributed by atoms with Crippen LogP contribution in [0.4, 0.5) is 13.2 Å². The predicted octanol–water partition coefficient (Wildman–Crippen LogP) is 3.61. The molecule has 4 nitrogen and oxygen atoms in total. The number of halogens is 4. The van der Waals surface area contributed by atoms with Crippen molar-refractivity contribution in [3.63, 3.8) is 0 Å². The molecular weight excluding hydrogens is 468 g/mol. The molecule has 1 aromatic carbocycles. The zero-order valence-corrected chi connectivity index (χ0v) is 17.7. The Hall–Kier alpha value is -1.29. The molecule has 1 N–H and O–H groups in total. The molecule has 1 fully saturated rings. The van der Waals surface area contributed by atoms with Gasteiger partial charge in [-0.05, 0) is 24.0 Å². The van der Waals surface area contributed by atoms with E-state index in [1.54, 1.807) is 7.05 Å². The molecule has 2 aliphatic heterocycles. The lowest BCUT2D eigenvalue weighted by molar-refractivity contribution is -0.143. The Morgan fingerprint density at radius 2 is 1.96 bits per heavy atom. The normalized spacial score (nSPS) is 21.6. The van der Waals surface area contributed by atoms with Crippen LogP contribution in [0.3, 0.4) is 0 Å². The van der Waals surface area contributed by atoms with Crippen LogP contribution in [0.25, 0.3) is 5.57 Å². The van der Waals surface area contributed by atoms with E-state index < -0.39 is 12.7 Å². The lowest BCUT2D eigenvalue weighted by Crippen LogP contribution is -2.48. The fraction of sp³-hybridized carbons (Fsp3) is 0.526. The minimum Gasteiger partial charge on any atom is -0.352 e. The Bertz CT molecular complexity index is 661. The SMILES string of the molecule is CN=C(NC1CCN(CC(F)(F)F)C1)N1CC=C(c2ccccc2)CC1.I. The van der Waals surface area contributed by atoms with Crippen LogP contribution in [0.2, 0.25) is 0 Å². The van der Waals surface area contributed by atoms with Crippen molar-refractivity contribution in [1.29, 1.82) is 0 Å². The molecule has 1 atom stereocenters. The van der Waals surface area contributed by atoms with Gasteiger partial charge in [0.1, 0.15) is 0 Å². The van der Waals surface area contributed by atoms with Gasteiger partial charge in [0, 0.05) is 39.3 Å². The van der Waals surface area contributed by atoms with Crippen LogP contribution >= 0.6 is 24.0 Å². The summed E-state index contributed by atoms with van der Waals surface area (Å²) in [5.74, 6) is 0.771. The molecule has 0 aromatic heterocycles. The molecule has 0 radical (unpaired) electrons. The molecule has 1 unspecified atom stereocenters. The van der Waals surface area contributed by atoms with Gasteiger partial charge in [0.05, 0.1) is 6.54 Å². The van der Waals surface area contributed by atoms with Gasteiger partial charge in [0.25, 0.3) is 0 Å². The predicted molar refractivity (Wildman–Crippen MR) is 113 cm³/mol. The molecule has 8 heteroatoms. The highest BCUT2D eigenvalue weighted by molar-refractivity contribution is 14.0. The maximum atomic E-state index is 12.5. The molecule has 150 valence electrons. The maximum absolute atomic E-state index is 12.5. The first-order valence-electron chi connectivity index (χ1n) is 8.96. The second-order valence-corrected chi connectivity index (χ2v) is 6.82. The first-order valence-corrected chi connectivity index (χ1v) is 8.96. The summed E-state index contributed by atoms with van der Waals surface area (Å²) in [4.78, 5) is 7.94. The van der Waals surface area contributed by atoms with Gasteiger partial charge in [-0.25, -0.2) is 0 Å². The molecule has 27 heavy (non-hydrogen) atoms. The van der Waals surface area contributed by atoms with E-state index in [0.29, 0.717) is 19.5 Å². The third kappa shape index (κ3) is 6.38. The third-order valence-electron chi connectivity index (χ3n) is 4.87. The van der Waals surface area contributed by atoms with Crippen molar-refractivity contribution in [2.45, 2.75) is 25.1 Å². The summed E-state index contributed by atoms with van der Waals surface area (Å²) in [5, 5.41) is 3.34. The van der Waals surface area contributed by atoms with Crippen LogP contribution in [0.15, 0.2) is 41.4 Å². The molecule has 0 spiro atoms. The summed E-state index contributed by atoms with van der Waals surface area (Å²) < 4.78 is 37.6. The molecular formula is C19H26F3IN4. The summed E-state index contributed by atoms with van der Waals surface area (Å²) in [5.41, 5.74) is 2.57. The zero-order valence-electron chi connectivity index (χ0n) is 15.4. The minimum absolute atomic E-state index is 0. The third-order valence-corrected chi connectivity index (χ3v) is 4.87. The first kappa shape index (κ1) is 22.0. The number of benzene rings is 1. The van der Waals surface area contributed by atoms with Gasteiger partial charge in [-0.3, -0.25) is 9.89 Å². The Kier molecular flexibility index (Phi) is 7.96. The summed E-state index contributed by atoms with van der Waals surface area (Å²) in [6.45, 7) is 1.63. The van der Waals surface area contributed by atoms with Gasteiger partial charge < -0.3 is 10.2 Å². The quantitative estimate of drug-likeness (QED) is 0.396. The number of aliphatic imine (C=N–C) groups is 1. The second kappa shape index (κ2) is 9.77. The van der Waals surface area contributed by atoms with E-state index in [1.807, 2.05) is 18.2 Å². The molecule has 0 amide bonds. The number of guanidine groups is 1. The zero-order chi connectivity index (χ0) is 18.6. The van der Waals surface area contributed by atoms with E-state index in [0.717, 1.165) is 25.5 Å². The van der Waals surface area contributed by atoms with Crippen molar-refractivity contribution in [2.75, 3.05) is 39.8 Å². The van der Waals surface area contributed by atoms with Crippen molar-refractivity contribution in [3.8, 4) is 0 Å². The van der Waals surface area contributed by atoms with E-state index >= 15 is 0 Å². The Balaban J connectivity index is 0.00000261. The number of likely N-dealkylation sites (tertiary alicyclic amines) is 1. The number of alkyl halides is 3. The highest BCUT2D eigenvalue weighted by Crippen LogP contribution is 2.23. The molecule has 2 heterocycles. The summed E-state index contributed by atoms with van der Waals surface area (Å²) in [6, 6.07) is 10.3. The van der Waals surface area contributed by atoms with Gasteiger partial charge in [-0.2, -0.15) is 13.2 Å². The van der Waals surface area contributed by atoms with Gasteiger partial charge in [0.2, 0.25) is 0 Å². The molecule has 0 bridgehead atoms. The molecule has 1 aromatic rings. The molecule has 3 rings (SSSR count). The van der Waals surface area contributed by atoms with Crippen LogP contribution in [0.1, 0.15) is 18.4 Å². The summed E-state index contributed by atoms with van der Waals surface area (Å²) in [6.07, 6.45) is -0.304. The second-order valence-electron chi connectivity index (χ2n) is 6.82. The number of nitrogens with zero attached hydrogens (tertiary/aromatic N) is 3. The summed E-state index contributed by atoms with van der Waals surface area (Å²) in [7, 11) is 1.72. The fourth-order valence-corrected chi connectivity index (χ4v) is 3.60. The topological polar surface area (TPSA) is 30.9 Å². The van der Waals surface area contributed by atoms with E-state index in [-0.39, 0.29) is 30.0 Å². The highest BCUT2D eigenvalue weighted by Gasteiger charge is 2.34. The maximum Gasteiger partial charge on any atom is 0.401 e. The van der Waals surface area contributed by atoms with Crippen LogP contribution in [-0.4, -0.2) is 67.7 Å². The average molecular weight is 494 g/mol. The van der Waals surface area contributed by atoms with Crippen molar-refractivity contribution >= 4 is 35.5 Å². The summed E-state index contributed by atoms with van der Waals surface area (Å²) >= 11 is 0. The number of rotatable bonds is 3. The molecule has 0 aliphatic carbocycles. The molecule has 1 saturated heterocycles. The molecule has 2 aliphatic rings. The monoisotopic (exact) mass is 494 g/mol. The van der Waals surface area contributed by atoms with Crippen LogP contribution in [0, 0.1) is 0 Å². The lowest BCUT2D eigenvalue weighted by atomic mass is 10.00. The smallest absolute Gasteiger partial charge is 0.352 e. The van der Waals surface area contributed by atoms with E-state index in [4.69, 9.17) is 0 Å². The largest absolute Gasteiger partial charge is 0.401 e. The number of hydrogen-bond donors (Lipinski definition) is 1. The first-order chi connectivity index (χ1) is 12.4. The lowest BCUT2D eigenvalue weighted by Gasteiger charge is -2.31. The van der Waals surface area contributed by atoms with Crippen molar-refractivity contribution in [2.24, 2.45) is 4.99 Å². The van der Waals surface area contributed by atoms with Crippen LogP contribution < -0.4 is 5.32 Å². The van der Waals surface area contributed by atoms with Gasteiger partial charge in [-0.15, -0.1) is 24.0 Å². The van der Waals surface area contributed by atoms with E-state index in [9.17, 15) is 13.2 Å². The van der Waals surface area contributed by atoms with Gasteiger partial charge >= 0.3 is 6.18 Å². The average Bonchev–Trinajstić information content (AvgIpc) is 3.06. The van der Waals surface area contributed by atoms with Crippen molar-refractivity contribution in [1.82, 2.24) is 15.1 Å². The van der Waals surface area contributed by atoms with E-state index in [2.05, 4.69) is 33.4 Å². The standard InChI is InChI=1S/C19H25F3N4.HI/c1-23-18(24-17-9-10-25(13-17)14-19(20,21)22)26-11-7-16(8-12-26)15-5-3-2-4-6-15;/h2-7,17H,8-14H2,1H3,(H,23,24);1H. The van der Waals surface area contributed by atoms with Crippen LogP contribution in [-0.2, 0) is 0 Å². The molecule has 0 saturated carbocycles. The van der Waals surface area contributed by atoms with Crippen LogP contribution in [0.5, 0.6) is 0 Å².